The number of fused-ring (bicyclic) bond motifs is 1. The highest BCUT2D eigenvalue weighted by Gasteiger charge is 2.15. The minimum absolute atomic E-state index is 0.150. The van der Waals surface area contributed by atoms with Crippen molar-refractivity contribution in [3.05, 3.63) is 22.1 Å². The van der Waals surface area contributed by atoms with Crippen molar-refractivity contribution in [2.45, 2.75) is 26.8 Å². The number of nitrogens with zero attached hydrogens (tertiary/aromatic N) is 2. The van der Waals surface area contributed by atoms with Gasteiger partial charge in [-0.05, 0) is 19.4 Å². The Balaban J connectivity index is 2.53. The third-order valence-electron chi connectivity index (χ3n) is 2.88. The van der Waals surface area contributed by atoms with Gasteiger partial charge in [0.05, 0.1) is 17.3 Å². The zero-order valence-corrected chi connectivity index (χ0v) is 12.5. The predicted octanol–water partition coefficient (Wildman–Crippen LogP) is 1.63. The quantitative estimate of drug-likeness (QED) is 0.849. The number of hydrogen-bond donors (Lipinski definition) is 1. The third-order valence-corrected chi connectivity index (χ3v) is 4.02. The monoisotopic (exact) mass is 295 g/mol. The van der Waals surface area contributed by atoms with Crippen molar-refractivity contribution < 1.29 is 9.53 Å². The summed E-state index contributed by atoms with van der Waals surface area (Å²) in [5, 5.41) is 9.06. The fourth-order valence-electron chi connectivity index (χ4n) is 1.95. The van der Waals surface area contributed by atoms with Gasteiger partial charge in [0.15, 0.2) is 0 Å². The van der Waals surface area contributed by atoms with Crippen molar-refractivity contribution in [2.24, 2.45) is 0 Å². The third kappa shape index (κ3) is 2.67. The van der Waals surface area contributed by atoms with Crippen molar-refractivity contribution in [1.82, 2.24) is 9.78 Å². The summed E-state index contributed by atoms with van der Waals surface area (Å²) in [7, 11) is 1.81. The van der Waals surface area contributed by atoms with Crippen LogP contribution in [0.25, 0.3) is 10.1 Å². The molecule has 0 aliphatic heterocycles. The van der Waals surface area contributed by atoms with Crippen molar-refractivity contribution in [3.8, 4) is 0 Å². The maximum absolute atomic E-state index is 12.3. The highest BCUT2D eigenvalue weighted by Crippen LogP contribution is 2.28. The lowest BCUT2D eigenvalue weighted by Crippen LogP contribution is -2.28. The smallest absolute Gasteiger partial charge is 0.327 e. The maximum Gasteiger partial charge on any atom is 0.327 e. The average Bonchev–Trinajstić information content (AvgIpc) is 2.87. The molecule has 0 aliphatic rings. The molecule has 0 saturated heterocycles. The van der Waals surface area contributed by atoms with E-state index in [9.17, 15) is 9.59 Å². The number of anilines is 1. The number of thiophene rings is 1. The molecule has 0 aliphatic carbocycles. The van der Waals surface area contributed by atoms with Crippen LogP contribution in [0.15, 0.2) is 10.9 Å². The summed E-state index contributed by atoms with van der Waals surface area (Å²) in [6, 6.07) is 1.92. The molecule has 1 N–H and O–H groups in total. The van der Waals surface area contributed by atoms with Crippen molar-refractivity contribution in [2.75, 3.05) is 19.0 Å². The fourth-order valence-corrected chi connectivity index (χ4v) is 2.93. The minimum atomic E-state index is -0.450. The van der Waals surface area contributed by atoms with Crippen LogP contribution in [0.5, 0.6) is 0 Å². The first-order valence-corrected chi connectivity index (χ1v) is 7.29. The Labute approximate surface area is 120 Å². The zero-order valence-electron chi connectivity index (χ0n) is 11.7. The SMILES string of the molecule is CCOC(=O)Cn1nc(CC)c2cc(NC)sc2c1=O. The van der Waals surface area contributed by atoms with E-state index in [1.807, 2.05) is 13.0 Å². The average molecular weight is 295 g/mol. The molecule has 108 valence electrons. The second-order valence-electron chi connectivity index (χ2n) is 4.17. The summed E-state index contributed by atoms with van der Waals surface area (Å²) in [6.45, 7) is 3.84. The second kappa shape index (κ2) is 6.04. The molecule has 7 heteroatoms. The van der Waals surface area contributed by atoms with Crippen LogP contribution in [-0.4, -0.2) is 29.4 Å². The predicted molar refractivity (Wildman–Crippen MR) is 79.4 cm³/mol. The van der Waals surface area contributed by atoms with Gasteiger partial charge in [-0.2, -0.15) is 5.10 Å². The largest absolute Gasteiger partial charge is 0.465 e. The van der Waals surface area contributed by atoms with Crippen molar-refractivity contribution >= 4 is 32.4 Å². The molecule has 0 unspecified atom stereocenters. The lowest BCUT2D eigenvalue weighted by Gasteiger charge is -2.07. The van der Waals surface area contributed by atoms with E-state index in [-0.39, 0.29) is 12.1 Å². The van der Waals surface area contributed by atoms with Crippen LogP contribution in [0, 0.1) is 0 Å². The lowest BCUT2D eigenvalue weighted by molar-refractivity contribution is -0.144. The van der Waals surface area contributed by atoms with Gasteiger partial charge in [0.25, 0.3) is 5.56 Å². The molecular formula is C13H17N3O3S. The molecule has 0 atom stereocenters. The van der Waals surface area contributed by atoms with Gasteiger partial charge in [0.1, 0.15) is 11.2 Å². The van der Waals surface area contributed by atoms with Crippen LogP contribution in [-0.2, 0) is 22.5 Å². The number of hydrogen-bond acceptors (Lipinski definition) is 6. The molecule has 0 bridgehead atoms. The van der Waals surface area contributed by atoms with Crippen LogP contribution >= 0.6 is 11.3 Å². The van der Waals surface area contributed by atoms with Gasteiger partial charge < -0.3 is 10.1 Å². The van der Waals surface area contributed by atoms with Gasteiger partial charge >= 0.3 is 5.97 Å². The second-order valence-corrected chi connectivity index (χ2v) is 5.22. The molecule has 2 rings (SSSR count). The van der Waals surface area contributed by atoms with Gasteiger partial charge in [0.2, 0.25) is 0 Å². The molecule has 2 aromatic heterocycles. The van der Waals surface area contributed by atoms with Crippen LogP contribution in [0.1, 0.15) is 19.5 Å². The molecule has 0 spiro atoms. The normalized spacial score (nSPS) is 10.8. The number of ether oxygens (including phenoxy) is 1. The molecule has 0 aromatic carbocycles. The van der Waals surface area contributed by atoms with E-state index >= 15 is 0 Å². The van der Waals surface area contributed by atoms with E-state index in [0.29, 0.717) is 17.7 Å². The molecule has 6 nitrogen and oxygen atoms in total. The molecule has 0 saturated carbocycles. The number of rotatable bonds is 5. The van der Waals surface area contributed by atoms with Gasteiger partial charge in [-0.25, -0.2) is 4.68 Å². The molecule has 2 heterocycles. The summed E-state index contributed by atoms with van der Waals surface area (Å²) in [6.07, 6.45) is 0.694. The molecule has 20 heavy (non-hydrogen) atoms. The number of nitrogens with one attached hydrogen (secondary N) is 1. The standard InChI is InChI=1S/C13H17N3O3S/c1-4-9-8-6-10(14-3)20-12(8)13(18)16(15-9)7-11(17)19-5-2/h6,14H,4-5,7H2,1-3H3. The van der Waals surface area contributed by atoms with Crippen LogP contribution < -0.4 is 10.9 Å². The Morgan fingerprint density at radius 3 is 2.85 bits per heavy atom. The van der Waals surface area contributed by atoms with Gasteiger partial charge in [-0.1, -0.05) is 6.92 Å². The lowest BCUT2D eigenvalue weighted by atomic mass is 10.2. The van der Waals surface area contributed by atoms with E-state index in [2.05, 4.69) is 10.4 Å². The number of carbonyl (C=O) groups is 1. The van der Waals surface area contributed by atoms with E-state index < -0.39 is 5.97 Å². The van der Waals surface area contributed by atoms with Crippen LogP contribution in [0.4, 0.5) is 5.00 Å². The number of esters is 1. The highest BCUT2D eigenvalue weighted by atomic mass is 32.1. The van der Waals surface area contributed by atoms with Gasteiger partial charge in [0, 0.05) is 12.4 Å². The minimum Gasteiger partial charge on any atom is -0.465 e. The first-order valence-electron chi connectivity index (χ1n) is 6.47. The van der Waals surface area contributed by atoms with E-state index in [0.717, 1.165) is 16.1 Å². The Morgan fingerprint density at radius 1 is 1.50 bits per heavy atom. The summed E-state index contributed by atoms with van der Waals surface area (Å²) in [5.41, 5.74) is 0.554. The Morgan fingerprint density at radius 2 is 2.25 bits per heavy atom. The van der Waals surface area contributed by atoms with E-state index in [1.54, 1.807) is 14.0 Å². The summed E-state index contributed by atoms with van der Waals surface area (Å²) in [4.78, 5) is 23.9. The van der Waals surface area contributed by atoms with Crippen molar-refractivity contribution in [3.63, 3.8) is 0 Å². The molecule has 2 aromatic rings. The molecule has 0 amide bonds. The topological polar surface area (TPSA) is 73.2 Å². The van der Waals surface area contributed by atoms with Crippen molar-refractivity contribution in [1.29, 1.82) is 0 Å². The summed E-state index contributed by atoms with van der Waals surface area (Å²) < 4.78 is 6.67. The summed E-state index contributed by atoms with van der Waals surface area (Å²) in [5.74, 6) is -0.450. The first-order chi connectivity index (χ1) is 9.60. The molecule has 0 radical (unpaired) electrons. The maximum atomic E-state index is 12.3. The Kier molecular flexibility index (Phi) is 4.39. The van der Waals surface area contributed by atoms with Gasteiger partial charge in [-0.15, -0.1) is 11.3 Å². The van der Waals surface area contributed by atoms with Crippen LogP contribution in [0.2, 0.25) is 0 Å². The highest BCUT2D eigenvalue weighted by molar-refractivity contribution is 7.22. The number of carbonyl (C=O) groups excluding carboxylic acids is 1. The van der Waals surface area contributed by atoms with Crippen LogP contribution in [0.3, 0.4) is 0 Å². The Bertz CT molecular complexity index is 690. The number of aryl methyl sites for hydroxylation is 1. The molecular weight excluding hydrogens is 278 g/mol. The summed E-state index contributed by atoms with van der Waals surface area (Å²) >= 11 is 1.37. The zero-order chi connectivity index (χ0) is 14.7. The number of aromatic nitrogens is 2. The van der Waals surface area contributed by atoms with E-state index in [1.165, 1.54) is 16.0 Å². The first kappa shape index (κ1) is 14.5. The van der Waals surface area contributed by atoms with E-state index in [4.69, 9.17) is 4.74 Å². The Hall–Kier alpha value is -1.89. The van der Waals surface area contributed by atoms with Gasteiger partial charge in [-0.3, -0.25) is 9.59 Å². The molecule has 0 fully saturated rings. The fraction of sp³-hybridized carbons (Fsp3) is 0.462.